The molecule has 15 heavy (non-hydrogen) atoms. The van der Waals surface area contributed by atoms with Crippen molar-refractivity contribution in [3.05, 3.63) is 33.5 Å². The first-order valence-corrected chi connectivity index (χ1v) is 5.93. The molecule has 0 aromatic heterocycles. The van der Waals surface area contributed by atoms with E-state index in [0.29, 0.717) is 12.8 Å². The molecular weight excluding hydrogens is 259 g/mol. The van der Waals surface area contributed by atoms with Crippen molar-refractivity contribution in [3.8, 4) is 0 Å². The number of halogens is 2. The number of fused-ring (bicyclic) bond motifs is 1. The van der Waals surface area contributed by atoms with Gasteiger partial charge in [0.1, 0.15) is 11.6 Å². The van der Waals surface area contributed by atoms with Gasteiger partial charge in [0.2, 0.25) is 0 Å². The van der Waals surface area contributed by atoms with Crippen molar-refractivity contribution in [2.75, 3.05) is 0 Å². The number of benzene rings is 1. The lowest BCUT2D eigenvalue weighted by molar-refractivity contribution is -0.121. The van der Waals surface area contributed by atoms with Gasteiger partial charge in [0.25, 0.3) is 0 Å². The van der Waals surface area contributed by atoms with Crippen molar-refractivity contribution < 1.29 is 9.18 Å². The van der Waals surface area contributed by atoms with Crippen LogP contribution < -0.4 is 0 Å². The van der Waals surface area contributed by atoms with Gasteiger partial charge < -0.3 is 0 Å². The SMILES string of the molecule is CCC1C(=O)CCc2cc(F)cc(Br)c21. The van der Waals surface area contributed by atoms with Crippen LogP contribution in [0, 0.1) is 5.82 Å². The van der Waals surface area contributed by atoms with Crippen LogP contribution in [0.3, 0.4) is 0 Å². The maximum atomic E-state index is 13.2. The van der Waals surface area contributed by atoms with Gasteiger partial charge in [0, 0.05) is 16.8 Å². The Kier molecular flexibility index (Phi) is 2.91. The molecule has 3 heteroatoms. The van der Waals surface area contributed by atoms with E-state index in [1.165, 1.54) is 6.07 Å². The number of Topliss-reactive ketones (excluding diaryl/α,β-unsaturated/α-hetero) is 1. The van der Waals surface area contributed by atoms with Crippen LogP contribution in [0.15, 0.2) is 16.6 Å². The highest BCUT2D eigenvalue weighted by Gasteiger charge is 2.28. The zero-order valence-corrected chi connectivity index (χ0v) is 10.1. The molecule has 0 radical (unpaired) electrons. The molecule has 0 amide bonds. The lowest BCUT2D eigenvalue weighted by atomic mass is 9.80. The standard InChI is InChI=1S/C12H12BrFO/c1-2-9-11(15)4-3-7-5-8(14)6-10(13)12(7)9/h5-6,9H,2-4H2,1H3. The Morgan fingerprint density at radius 1 is 1.47 bits per heavy atom. The number of carbonyl (C=O) groups is 1. The van der Waals surface area contributed by atoms with Gasteiger partial charge in [-0.3, -0.25) is 4.79 Å². The fourth-order valence-corrected chi connectivity index (χ4v) is 3.01. The van der Waals surface area contributed by atoms with Crippen LogP contribution in [0.25, 0.3) is 0 Å². The van der Waals surface area contributed by atoms with Crippen molar-refractivity contribution in [3.63, 3.8) is 0 Å². The number of rotatable bonds is 1. The minimum absolute atomic E-state index is 0.0521. The summed E-state index contributed by atoms with van der Waals surface area (Å²) in [6.07, 6.45) is 2.00. The first-order chi connectivity index (χ1) is 7.13. The van der Waals surface area contributed by atoms with E-state index in [4.69, 9.17) is 0 Å². The van der Waals surface area contributed by atoms with E-state index in [1.807, 2.05) is 6.92 Å². The van der Waals surface area contributed by atoms with Crippen molar-refractivity contribution in [2.45, 2.75) is 32.1 Å². The second kappa shape index (κ2) is 4.05. The molecule has 1 unspecified atom stereocenters. The van der Waals surface area contributed by atoms with E-state index in [9.17, 15) is 9.18 Å². The highest BCUT2D eigenvalue weighted by molar-refractivity contribution is 9.10. The van der Waals surface area contributed by atoms with E-state index in [0.717, 1.165) is 22.0 Å². The summed E-state index contributed by atoms with van der Waals surface area (Å²) in [5.41, 5.74) is 1.98. The second-order valence-electron chi connectivity index (χ2n) is 3.89. The molecule has 0 saturated carbocycles. The summed E-state index contributed by atoms with van der Waals surface area (Å²) in [6, 6.07) is 3.00. The molecule has 0 N–H and O–H groups in total. The van der Waals surface area contributed by atoms with Crippen LogP contribution in [0.1, 0.15) is 36.8 Å². The quantitative estimate of drug-likeness (QED) is 0.762. The Morgan fingerprint density at radius 2 is 2.20 bits per heavy atom. The maximum Gasteiger partial charge on any atom is 0.140 e. The molecular formula is C12H12BrFO. The molecule has 0 bridgehead atoms. The number of carbonyl (C=O) groups excluding carboxylic acids is 1. The predicted molar refractivity (Wildman–Crippen MR) is 60.5 cm³/mol. The third-order valence-electron chi connectivity index (χ3n) is 2.97. The first-order valence-electron chi connectivity index (χ1n) is 5.14. The van der Waals surface area contributed by atoms with E-state index in [-0.39, 0.29) is 17.5 Å². The van der Waals surface area contributed by atoms with Crippen LogP contribution in [0.5, 0.6) is 0 Å². The van der Waals surface area contributed by atoms with Crippen molar-refractivity contribution in [2.24, 2.45) is 0 Å². The van der Waals surface area contributed by atoms with Crippen LogP contribution in [-0.2, 0) is 11.2 Å². The van der Waals surface area contributed by atoms with Gasteiger partial charge in [-0.25, -0.2) is 4.39 Å². The number of hydrogen-bond acceptors (Lipinski definition) is 1. The lowest BCUT2D eigenvalue weighted by Gasteiger charge is -2.24. The zero-order valence-electron chi connectivity index (χ0n) is 8.52. The third-order valence-corrected chi connectivity index (χ3v) is 3.62. The largest absolute Gasteiger partial charge is 0.299 e. The maximum absolute atomic E-state index is 13.2. The zero-order chi connectivity index (χ0) is 11.0. The predicted octanol–water partition coefficient (Wildman–Crippen LogP) is 3.60. The number of hydrogen-bond donors (Lipinski definition) is 0. The summed E-state index contributed by atoms with van der Waals surface area (Å²) >= 11 is 3.35. The minimum atomic E-state index is -0.232. The summed E-state index contributed by atoms with van der Waals surface area (Å²) in [6.45, 7) is 1.99. The highest BCUT2D eigenvalue weighted by Crippen LogP contribution is 2.37. The molecule has 0 fully saturated rings. The van der Waals surface area contributed by atoms with Gasteiger partial charge in [0.05, 0.1) is 0 Å². The Labute approximate surface area is 96.8 Å². The van der Waals surface area contributed by atoms with Crippen LogP contribution >= 0.6 is 15.9 Å². The van der Waals surface area contributed by atoms with Gasteiger partial charge >= 0.3 is 0 Å². The topological polar surface area (TPSA) is 17.1 Å². The van der Waals surface area contributed by atoms with Crippen molar-refractivity contribution in [1.82, 2.24) is 0 Å². The molecule has 0 aliphatic heterocycles. The monoisotopic (exact) mass is 270 g/mol. The molecule has 1 aliphatic rings. The van der Waals surface area contributed by atoms with Crippen molar-refractivity contribution >= 4 is 21.7 Å². The highest BCUT2D eigenvalue weighted by atomic mass is 79.9. The van der Waals surface area contributed by atoms with Crippen molar-refractivity contribution in [1.29, 1.82) is 0 Å². The minimum Gasteiger partial charge on any atom is -0.299 e. The number of aryl methyl sites for hydroxylation is 1. The summed E-state index contributed by atoms with van der Waals surface area (Å²) in [5, 5.41) is 0. The summed E-state index contributed by atoms with van der Waals surface area (Å²) in [5.74, 6) is -0.00846. The van der Waals surface area contributed by atoms with E-state index in [2.05, 4.69) is 15.9 Å². The Morgan fingerprint density at radius 3 is 2.87 bits per heavy atom. The van der Waals surface area contributed by atoms with E-state index < -0.39 is 0 Å². The Balaban J connectivity index is 2.57. The summed E-state index contributed by atoms with van der Waals surface area (Å²) in [7, 11) is 0. The van der Waals surface area contributed by atoms with E-state index in [1.54, 1.807) is 6.07 Å². The fourth-order valence-electron chi connectivity index (χ4n) is 2.26. The molecule has 1 aromatic carbocycles. The average Bonchev–Trinajstić information content (AvgIpc) is 2.18. The lowest BCUT2D eigenvalue weighted by Crippen LogP contribution is -2.20. The molecule has 1 nitrogen and oxygen atoms in total. The van der Waals surface area contributed by atoms with Crippen LogP contribution in [0.4, 0.5) is 4.39 Å². The smallest absolute Gasteiger partial charge is 0.140 e. The van der Waals surface area contributed by atoms with Gasteiger partial charge in [-0.2, -0.15) is 0 Å². The first kappa shape index (κ1) is 10.8. The number of ketones is 1. The average molecular weight is 271 g/mol. The normalized spacial score (nSPS) is 20.2. The second-order valence-corrected chi connectivity index (χ2v) is 4.74. The van der Waals surface area contributed by atoms with Gasteiger partial charge in [-0.1, -0.05) is 22.9 Å². The van der Waals surface area contributed by atoms with Crippen LogP contribution in [0.2, 0.25) is 0 Å². The molecule has 1 atom stereocenters. The summed E-state index contributed by atoms with van der Waals surface area (Å²) in [4.78, 5) is 11.7. The van der Waals surface area contributed by atoms with Gasteiger partial charge in [-0.05, 0) is 36.1 Å². The molecule has 0 heterocycles. The van der Waals surface area contributed by atoms with Gasteiger partial charge in [0.15, 0.2) is 0 Å². The Bertz CT molecular complexity index is 414. The van der Waals surface area contributed by atoms with E-state index >= 15 is 0 Å². The fraction of sp³-hybridized carbons (Fsp3) is 0.417. The third kappa shape index (κ3) is 1.85. The molecule has 1 aromatic rings. The van der Waals surface area contributed by atoms with Gasteiger partial charge in [-0.15, -0.1) is 0 Å². The molecule has 0 saturated heterocycles. The molecule has 1 aliphatic carbocycles. The Hall–Kier alpha value is -0.700. The van der Waals surface area contributed by atoms with Crippen LogP contribution in [-0.4, -0.2) is 5.78 Å². The molecule has 0 spiro atoms. The summed E-state index contributed by atoms with van der Waals surface area (Å²) < 4.78 is 13.9. The molecule has 80 valence electrons. The molecule has 2 rings (SSSR count).